The summed E-state index contributed by atoms with van der Waals surface area (Å²) in [6.07, 6.45) is 2.12. The Hall–Kier alpha value is -0.910. The van der Waals surface area contributed by atoms with Gasteiger partial charge in [0, 0.05) is 23.9 Å². The Bertz CT molecular complexity index is 415. The Morgan fingerprint density at radius 2 is 2.00 bits per heavy atom. The number of thioether (sulfide) groups is 1. The van der Waals surface area contributed by atoms with Gasteiger partial charge in [-0.3, -0.25) is 4.90 Å². The van der Waals surface area contributed by atoms with E-state index in [1.165, 1.54) is 0 Å². The molecule has 0 radical (unpaired) electrons. The third-order valence-corrected chi connectivity index (χ3v) is 4.43. The van der Waals surface area contributed by atoms with Crippen LogP contribution in [0.5, 0.6) is 11.5 Å². The second-order valence-electron chi connectivity index (χ2n) is 4.80. The van der Waals surface area contributed by atoms with E-state index < -0.39 is 0 Å². The molecule has 0 saturated heterocycles. The molecule has 5 heteroatoms. The molecule has 2 N–H and O–H groups in total. The molecular formula is C15H26N2O2S. The van der Waals surface area contributed by atoms with Crippen molar-refractivity contribution >= 4 is 11.8 Å². The number of rotatable bonds is 8. The monoisotopic (exact) mass is 298 g/mol. The molecule has 1 aromatic carbocycles. The van der Waals surface area contributed by atoms with Crippen molar-refractivity contribution in [2.24, 2.45) is 5.73 Å². The fourth-order valence-corrected chi connectivity index (χ4v) is 3.07. The van der Waals surface area contributed by atoms with Crippen LogP contribution in [0.3, 0.4) is 0 Å². The van der Waals surface area contributed by atoms with Gasteiger partial charge in [0.05, 0.1) is 20.3 Å². The van der Waals surface area contributed by atoms with Crippen molar-refractivity contribution in [1.82, 2.24) is 4.90 Å². The molecule has 2 atom stereocenters. The maximum Gasteiger partial charge on any atom is 0.165 e. The van der Waals surface area contributed by atoms with Crippen LogP contribution in [-0.4, -0.2) is 50.8 Å². The largest absolute Gasteiger partial charge is 0.493 e. The molecule has 0 bridgehead atoms. The van der Waals surface area contributed by atoms with Crippen molar-refractivity contribution in [3.8, 4) is 11.5 Å². The predicted molar refractivity (Wildman–Crippen MR) is 86.9 cm³/mol. The van der Waals surface area contributed by atoms with Crippen LogP contribution < -0.4 is 15.2 Å². The summed E-state index contributed by atoms with van der Waals surface area (Å²) in [6, 6.07) is 6.49. The van der Waals surface area contributed by atoms with E-state index in [0.29, 0.717) is 12.6 Å². The Morgan fingerprint density at radius 3 is 2.50 bits per heavy atom. The molecule has 0 amide bonds. The van der Waals surface area contributed by atoms with Gasteiger partial charge >= 0.3 is 0 Å². The number of likely N-dealkylation sites (N-methyl/N-ethyl adjacent to an activating group) is 1. The molecule has 1 rings (SSSR count). The smallest absolute Gasteiger partial charge is 0.165 e. The van der Waals surface area contributed by atoms with Gasteiger partial charge in [0.1, 0.15) is 0 Å². The maximum absolute atomic E-state index is 6.01. The summed E-state index contributed by atoms with van der Waals surface area (Å²) in [5, 5.41) is 0. The van der Waals surface area contributed by atoms with Crippen molar-refractivity contribution < 1.29 is 9.47 Å². The molecule has 0 spiro atoms. The van der Waals surface area contributed by atoms with Gasteiger partial charge in [-0.25, -0.2) is 0 Å². The highest BCUT2D eigenvalue weighted by Crippen LogP contribution is 2.36. The first-order chi connectivity index (χ1) is 9.60. The van der Waals surface area contributed by atoms with Crippen LogP contribution >= 0.6 is 11.8 Å². The third kappa shape index (κ3) is 3.81. The summed E-state index contributed by atoms with van der Waals surface area (Å²) in [5.74, 6) is 2.59. The molecule has 4 nitrogen and oxygen atoms in total. The molecule has 1 aromatic rings. The van der Waals surface area contributed by atoms with Crippen molar-refractivity contribution in [2.75, 3.05) is 39.8 Å². The number of hydrogen-bond donors (Lipinski definition) is 1. The third-order valence-electron chi connectivity index (χ3n) is 3.61. The molecular weight excluding hydrogens is 272 g/mol. The lowest BCUT2D eigenvalue weighted by Gasteiger charge is -2.33. The zero-order valence-corrected chi connectivity index (χ0v) is 13.9. The van der Waals surface area contributed by atoms with Gasteiger partial charge in [0.25, 0.3) is 0 Å². The second-order valence-corrected chi connectivity index (χ2v) is 5.71. The zero-order valence-electron chi connectivity index (χ0n) is 13.1. The Morgan fingerprint density at radius 1 is 1.30 bits per heavy atom. The summed E-state index contributed by atoms with van der Waals surface area (Å²) >= 11 is 1.84. The number of hydrogen-bond acceptors (Lipinski definition) is 5. The van der Waals surface area contributed by atoms with Gasteiger partial charge in [-0.1, -0.05) is 12.1 Å². The van der Waals surface area contributed by atoms with Crippen molar-refractivity contribution in [2.45, 2.75) is 19.0 Å². The average molecular weight is 298 g/mol. The Labute approximate surface area is 126 Å². The first-order valence-electron chi connectivity index (χ1n) is 6.72. The number of nitrogens with zero attached hydrogens (tertiary/aromatic N) is 1. The van der Waals surface area contributed by atoms with E-state index in [4.69, 9.17) is 15.2 Å². The highest BCUT2D eigenvalue weighted by Gasteiger charge is 2.24. The molecule has 114 valence electrons. The van der Waals surface area contributed by atoms with Gasteiger partial charge < -0.3 is 15.2 Å². The van der Waals surface area contributed by atoms with E-state index in [1.54, 1.807) is 14.2 Å². The molecule has 0 aromatic heterocycles. The molecule has 2 unspecified atom stereocenters. The molecule has 0 saturated carbocycles. The minimum Gasteiger partial charge on any atom is -0.493 e. The SMILES string of the molecule is COc1cccc(C(CN)N(C)C(C)CSC)c1OC. The number of benzene rings is 1. The van der Waals surface area contributed by atoms with Crippen LogP contribution in [0, 0.1) is 0 Å². The van der Waals surface area contributed by atoms with Gasteiger partial charge in [-0.15, -0.1) is 0 Å². The van der Waals surface area contributed by atoms with Crippen molar-refractivity contribution in [3.63, 3.8) is 0 Å². The topological polar surface area (TPSA) is 47.7 Å². The molecule has 0 heterocycles. The summed E-state index contributed by atoms with van der Waals surface area (Å²) in [4.78, 5) is 2.30. The Kier molecular flexibility index (Phi) is 7.19. The standard InChI is InChI=1S/C15H26N2O2S/c1-11(10-20-5)17(2)13(9-16)12-7-6-8-14(18-3)15(12)19-4/h6-8,11,13H,9-10,16H2,1-5H3. The van der Waals surface area contributed by atoms with Gasteiger partial charge in [-0.05, 0) is 26.3 Å². The van der Waals surface area contributed by atoms with Crippen LogP contribution in [0.1, 0.15) is 18.5 Å². The molecule has 0 fully saturated rings. The highest BCUT2D eigenvalue weighted by atomic mass is 32.2. The van der Waals surface area contributed by atoms with Crippen molar-refractivity contribution in [3.05, 3.63) is 23.8 Å². The van der Waals surface area contributed by atoms with Crippen LogP contribution in [0.15, 0.2) is 18.2 Å². The van der Waals surface area contributed by atoms with Gasteiger partial charge in [0.15, 0.2) is 11.5 Å². The number of para-hydroxylation sites is 1. The maximum atomic E-state index is 6.01. The lowest BCUT2D eigenvalue weighted by atomic mass is 10.0. The average Bonchev–Trinajstić information content (AvgIpc) is 2.47. The molecule has 0 aliphatic carbocycles. The van der Waals surface area contributed by atoms with Crippen molar-refractivity contribution in [1.29, 1.82) is 0 Å². The number of methoxy groups -OCH3 is 2. The van der Waals surface area contributed by atoms with Crippen LogP contribution in [0.4, 0.5) is 0 Å². The fraction of sp³-hybridized carbons (Fsp3) is 0.600. The van der Waals surface area contributed by atoms with E-state index >= 15 is 0 Å². The van der Waals surface area contributed by atoms with E-state index in [9.17, 15) is 0 Å². The molecule has 0 aliphatic rings. The Balaban J connectivity index is 3.11. The lowest BCUT2D eigenvalue weighted by Crippen LogP contribution is -2.38. The normalized spacial score (nSPS) is 14.2. The first-order valence-corrected chi connectivity index (χ1v) is 8.11. The first kappa shape index (κ1) is 17.1. The van der Waals surface area contributed by atoms with Crippen LogP contribution in [0.2, 0.25) is 0 Å². The van der Waals surface area contributed by atoms with E-state index in [-0.39, 0.29) is 6.04 Å². The minimum atomic E-state index is 0.113. The van der Waals surface area contributed by atoms with Crippen LogP contribution in [0.25, 0.3) is 0 Å². The van der Waals surface area contributed by atoms with Crippen LogP contribution in [-0.2, 0) is 0 Å². The minimum absolute atomic E-state index is 0.113. The number of nitrogens with two attached hydrogens (primary N) is 1. The summed E-state index contributed by atoms with van der Waals surface area (Å²) in [5.41, 5.74) is 7.08. The van der Waals surface area contributed by atoms with Gasteiger partial charge in [-0.2, -0.15) is 11.8 Å². The summed E-state index contributed by atoms with van der Waals surface area (Å²) in [6.45, 7) is 2.75. The van der Waals surface area contributed by atoms with Gasteiger partial charge in [0.2, 0.25) is 0 Å². The predicted octanol–water partition coefficient (Wildman–Crippen LogP) is 2.39. The zero-order chi connectivity index (χ0) is 15.1. The van der Waals surface area contributed by atoms with E-state index in [1.807, 2.05) is 23.9 Å². The van der Waals surface area contributed by atoms with E-state index in [0.717, 1.165) is 22.8 Å². The number of ether oxygens (including phenoxy) is 2. The quantitative estimate of drug-likeness (QED) is 0.798. The summed E-state index contributed by atoms with van der Waals surface area (Å²) < 4.78 is 10.9. The van der Waals surface area contributed by atoms with E-state index in [2.05, 4.69) is 31.2 Å². The highest BCUT2D eigenvalue weighted by molar-refractivity contribution is 7.98. The fourth-order valence-electron chi connectivity index (χ4n) is 2.35. The summed E-state index contributed by atoms with van der Waals surface area (Å²) in [7, 11) is 5.43. The second kappa shape index (κ2) is 8.39. The lowest BCUT2D eigenvalue weighted by molar-refractivity contribution is 0.199. The molecule has 20 heavy (non-hydrogen) atoms. The molecule has 0 aliphatic heterocycles.